The van der Waals surface area contributed by atoms with E-state index in [0.29, 0.717) is 12.8 Å². The topological polar surface area (TPSA) is 83.5 Å². The van der Waals surface area contributed by atoms with Crippen LogP contribution in [0, 0.1) is 11.7 Å². The molecule has 1 unspecified atom stereocenters. The molecule has 1 aliphatic rings. The quantitative estimate of drug-likeness (QED) is 0.749. The number of carboxylic acids is 1. The van der Waals surface area contributed by atoms with Crippen LogP contribution < -0.4 is 34.3 Å². The Balaban J connectivity index is 0.00000242. The zero-order valence-corrected chi connectivity index (χ0v) is 15.4. The Morgan fingerprint density at radius 3 is 2.73 bits per heavy atom. The van der Waals surface area contributed by atoms with Gasteiger partial charge in [0.25, 0.3) is 10.0 Å². The van der Waals surface area contributed by atoms with Gasteiger partial charge in [-0.15, -0.1) is 0 Å². The van der Waals surface area contributed by atoms with Crippen LogP contribution in [0.25, 0.3) is 0 Å². The van der Waals surface area contributed by atoms with E-state index >= 15 is 0 Å². The molecule has 0 heterocycles. The number of allylic oxidation sites excluding steroid dienone is 1. The summed E-state index contributed by atoms with van der Waals surface area (Å²) >= 11 is 5.60. The van der Waals surface area contributed by atoms with Crippen LogP contribution in [0.3, 0.4) is 0 Å². The first-order valence-electron chi connectivity index (χ1n) is 6.22. The Bertz CT molecular complexity index is 714. The third-order valence-electron chi connectivity index (χ3n) is 3.17. The van der Waals surface area contributed by atoms with Gasteiger partial charge in [0.2, 0.25) is 0 Å². The zero-order chi connectivity index (χ0) is 15.6. The summed E-state index contributed by atoms with van der Waals surface area (Å²) in [6, 6.07) is 3.50. The first-order chi connectivity index (χ1) is 9.81. The first-order valence-corrected chi connectivity index (χ1v) is 8.08. The van der Waals surface area contributed by atoms with Crippen LogP contribution in [0.1, 0.15) is 20.7 Å². The molecule has 0 fully saturated rings. The van der Waals surface area contributed by atoms with Gasteiger partial charge < -0.3 is 6.53 Å². The van der Waals surface area contributed by atoms with Gasteiger partial charge in [-0.05, 0) is 37.5 Å². The Kier molecular flexibility index (Phi) is 6.88. The molecule has 9 heteroatoms. The van der Waals surface area contributed by atoms with E-state index in [0.717, 1.165) is 6.07 Å². The average Bonchev–Trinajstić information content (AvgIpc) is 2.42. The SMILES string of the molecule is O=C(O)C1CCCC=C1S(=O)(=O)Nc1ccc(Cl)cc1F.[H-].[Na+]. The second-order valence-electron chi connectivity index (χ2n) is 4.66. The van der Waals surface area contributed by atoms with Gasteiger partial charge >= 0.3 is 35.5 Å². The second kappa shape index (κ2) is 7.79. The minimum absolute atomic E-state index is 0. The summed E-state index contributed by atoms with van der Waals surface area (Å²) in [5.74, 6) is -3.14. The molecule has 1 aromatic carbocycles. The maximum atomic E-state index is 13.7. The predicted octanol–water partition coefficient (Wildman–Crippen LogP) is 0.106. The van der Waals surface area contributed by atoms with Crippen LogP contribution in [0.15, 0.2) is 29.2 Å². The van der Waals surface area contributed by atoms with Crippen molar-refractivity contribution in [3.8, 4) is 0 Å². The summed E-state index contributed by atoms with van der Waals surface area (Å²) in [5, 5.41) is 9.24. The predicted molar refractivity (Wildman–Crippen MR) is 78.1 cm³/mol. The zero-order valence-electron chi connectivity index (χ0n) is 12.8. The van der Waals surface area contributed by atoms with E-state index in [1.165, 1.54) is 18.2 Å². The molecule has 0 radical (unpaired) electrons. The number of rotatable bonds is 4. The molecule has 116 valence electrons. The van der Waals surface area contributed by atoms with Gasteiger partial charge in [-0.25, -0.2) is 12.8 Å². The van der Waals surface area contributed by atoms with Crippen molar-refractivity contribution < 1.29 is 53.7 Å². The summed E-state index contributed by atoms with van der Waals surface area (Å²) in [6.07, 6.45) is 2.69. The fraction of sp³-hybridized carbons (Fsp3) is 0.308. The molecule has 0 bridgehead atoms. The molecule has 0 saturated carbocycles. The molecule has 5 nitrogen and oxygen atoms in total. The molecule has 0 aliphatic heterocycles. The van der Waals surface area contributed by atoms with Gasteiger partial charge in [0.1, 0.15) is 5.82 Å². The number of carbonyl (C=O) groups is 1. The van der Waals surface area contributed by atoms with Crippen molar-refractivity contribution in [3.63, 3.8) is 0 Å². The smallest absolute Gasteiger partial charge is 1.00 e. The van der Waals surface area contributed by atoms with E-state index in [-0.39, 0.29) is 53.0 Å². The van der Waals surface area contributed by atoms with Gasteiger partial charge in [-0.2, -0.15) is 0 Å². The number of nitrogens with one attached hydrogen (secondary N) is 1. The molecule has 0 saturated heterocycles. The Hall–Kier alpha value is -0.600. The third-order valence-corrected chi connectivity index (χ3v) is 4.97. The van der Waals surface area contributed by atoms with Gasteiger partial charge in [0.15, 0.2) is 0 Å². The fourth-order valence-corrected chi connectivity index (χ4v) is 3.83. The first kappa shape index (κ1) is 19.4. The molecule has 0 amide bonds. The normalized spacial score (nSPS) is 18.1. The van der Waals surface area contributed by atoms with Crippen molar-refractivity contribution >= 4 is 33.3 Å². The summed E-state index contributed by atoms with van der Waals surface area (Å²) in [7, 11) is -4.12. The van der Waals surface area contributed by atoms with E-state index < -0.39 is 27.7 Å². The van der Waals surface area contributed by atoms with Crippen molar-refractivity contribution in [2.45, 2.75) is 19.3 Å². The maximum absolute atomic E-state index is 13.7. The van der Waals surface area contributed by atoms with Crippen molar-refractivity contribution in [2.24, 2.45) is 5.92 Å². The van der Waals surface area contributed by atoms with Crippen molar-refractivity contribution in [3.05, 3.63) is 40.0 Å². The second-order valence-corrected chi connectivity index (χ2v) is 6.78. The number of sulfonamides is 1. The van der Waals surface area contributed by atoms with E-state index in [9.17, 15) is 17.6 Å². The molecule has 2 N–H and O–H groups in total. The number of carboxylic acid groups (broad SMARTS) is 1. The Labute approximate surface area is 156 Å². The van der Waals surface area contributed by atoms with Gasteiger partial charge in [-0.1, -0.05) is 17.7 Å². The molecular formula is C13H14ClFNNaO4S. The minimum Gasteiger partial charge on any atom is -1.00 e. The van der Waals surface area contributed by atoms with Crippen molar-refractivity contribution in [2.75, 3.05) is 4.72 Å². The van der Waals surface area contributed by atoms with E-state index in [1.807, 2.05) is 0 Å². The summed E-state index contributed by atoms with van der Waals surface area (Å²) < 4.78 is 40.3. The van der Waals surface area contributed by atoms with Crippen LogP contribution in [-0.4, -0.2) is 19.5 Å². The van der Waals surface area contributed by atoms with Crippen molar-refractivity contribution in [1.82, 2.24) is 0 Å². The van der Waals surface area contributed by atoms with Crippen molar-refractivity contribution in [1.29, 1.82) is 0 Å². The standard InChI is InChI=1S/C13H13ClFNO4S.Na.H/c14-8-5-6-11(10(15)7-8)16-21(19,20)12-4-2-1-3-9(12)13(17)18;;/h4-7,9,16H,1-3H2,(H,17,18);;/q;+1;-1. The van der Waals surface area contributed by atoms with E-state index in [2.05, 4.69) is 4.72 Å². The number of aliphatic carboxylic acids is 1. The molecule has 2 rings (SSSR count). The minimum atomic E-state index is -4.12. The number of hydrogen-bond acceptors (Lipinski definition) is 3. The van der Waals surface area contributed by atoms with Gasteiger partial charge in [0.05, 0.1) is 16.5 Å². The molecule has 0 spiro atoms. The molecule has 1 aromatic rings. The van der Waals surface area contributed by atoms with E-state index in [1.54, 1.807) is 0 Å². The molecule has 1 aliphatic carbocycles. The molecule has 1 atom stereocenters. The average molecular weight is 358 g/mol. The number of halogens is 2. The summed E-state index contributed by atoms with van der Waals surface area (Å²) in [4.78, 5) is 10.9. The van der Waals surface area contributed by atoms with Crippen LogP contribution in [0.5, 0.6) is 0 Å². The van der Waals surface area contributed by atoms with Crippen LogP contribution in [0.2, 0.25) is 5.02 Å². The summed E-state index contributed by atoms with van der Waals surface area (Å²) in [5.41, 5.74) is -0.269. The largest absolute Gasteiger partial charge is 1.00 e. The van der Waals surface area contributed by atoms with Gasteiger partial charge in [-0.3, -0.25) is 9.52 Å². The Morgan fingerprint density at radius 1 is 1.45 bits per heavy atom. The number of hydrogen-bond donors (Lipinski definition) is 2. The van der Waals surface area contributed by atoms with Gasteiger partial charge in [0, 0.05) is 5.02 Å². The number of anilines is 1. The monoisotopic (exact) mass is 357 g/mol. The summed E-state index contributed by atoms with van der Waals surface area (Å²) in [6.45, 7) is 0. The maximum Gasteiger partial charge on any atom is 1.00 e. The van der Waals surface area contributed by atoms with Crippen LogP contribution >= 0.6 is 11.6 Å². The molecule has 0 aromatic heterocycles. The van der Waals surface area contributed by atoms with E-state index in [4.69, 9.17) is 16.7 Å². The Morgan fingerprint density at radius 2 is 2.14 bits per heavy atom. The van der Waals surface area contributed by atoms with Crippen LogP contribution in [-0.2, 0) is 14.8 Å². The van der Waals surface area contributed by atoms with Crippen LogP contribution in [0.4, 0.5) is 10.1 Å². The third kappa shape index (κ3) is 4.45. The molecule has 22 heavy (non-hydrogen) atoms. The number of benzene rings is 1. The fourth-order valence-electron chi connectivity index (χ4n) is 2.17. The molecular weight excluding hydrogens is 344 g/mol.